The van der Waals surface area contributed by atoms with Crippen LogP contribution >= 0.6 is 11.3 Å². The molecule has 1 fully saturated rings. The van der Waals surface area contributed by atoms with Gasteiger partial charge in [-0.25, -0.2) is 0 Å². The van der Waals surface area contributed by atoms with Crippen LogP contribution in [-0.4, -0.2) is 48.3 Å². The lowest BCUT2D eigenvalue weighted by atomic mass is 10.1. The number of ether oxygens (including phenoxy) is 1. The number of thiazole rings is 1. The summed E-state index contributed by atoms with van der Waals surface area (Å²) in [4.78, 5) is 18.7. The molecule has 4 rings (SSSR count). The van der Waals surface area contributed by atoms with Crippen molar-refractivity contribution in [2.75, 3.05) is 31.1 Å². The van der Waals surface area contributed by atoms with Crippen LogP contribution in [-0.2, 0) is 6.54 Å². The van der Waals surface area contributed by atoms with Gasteiger partial charge in [0.05, 0.1) is 15.9 Å². The number of fused-ring (bicyclic) bond motifs is 1. The van der Waals surface area contributed by atoms with Gasteiger partial charge in [-0.15, -0.1) is 0 Å². The number of nitrogens with zero attached hydrogens (tertiary/aromatic N) is 2. The van der Waals surface area contributed by atoms with Gasteiger partial charge in [-0.2, -0.15) is 22.0 Å². The second-order valence-corrected chi connectivity index (χ2v) is 8.21. The van der Waals surface area contributed by atoms with E-state index in [4.69, 9.17) is 0 Å². The van der Waals surface area contributed by atoms with Crippen molar-refractivity contribution in [3.8, 4) is 5.75 Å². The van der Waals surface area contributed by atoms with Gasteiger partial charge in [-0.1, -0.05) is 29.5 Å². The first-order valence-electron chi connectivity index (χ1n) is 9.44. The van der Waals surface area contributed by atoms with E-state index in [0.29, 0.717) is 38.3 Å². The Labute approximate surface area is 177 Å². The van der Waals surface area contributed by atoms with Gasteiger partial charge in [0.1, 0.15) is 5.75 Å². The van der Waals surface area contributed by atoms with Crippen LogP contribution in [0.2, 0.25) is 0 Å². The minimum atomic E-state index is -5.78. The van der Waals surface area contributed by atoms with Crippen LogP contribution in [0.25, 0.3) is 10.2 Å². The minimum absolute atomic E-state index is 0.112. The lowest BCUT2D eigenvalue weighted by Gasteiger charge is -2.36. The summed E-state index contributed by atoms with van der Waals surface area (Å²) in [7, 11) is 0. The zero-order valence-corrected chi connectivity index (χ0v) is 16.9. The van der Waals surface area contributed by atoms with Crippen LogP contribution in [0, 0.1) is 0 Å². The number of aromatic amines is 1. The first-order chi connectivity index (χ1) is 14.6. The predicted molar refractivity (Wildman–Crippen MR) is 108 cm³/mol. The fraction of sp³-hybridized carbons (Fsp3) is 0.350. The third kappa shape index (κ3) is 4.67. The molecule has 1 aliphatic heterocycles. The van der Waals surface area contributed by atoms with Gasteiger partial charge in [0.2, 0.25) is 0 Å². The molecular formula is C20H18F5N3O2S. The quantitative estimate of drug-likeness (QED) is 0.573. The number of hydrogen-bond donors (Lipinski definition) is 1. The monoisotopic (exact) mass is 459 g/mol. The Bertz CT molecular complexity index is 1120. The Hall–Kier alpha value is -2.66. The molecule has 0 atom stereocenters. The van der Waals surface area contributed by atoms with Crippen LogP contribution in [0.15, 0.2) is 47.3 Å². The summed E-state index contributed by atoms with van der Waals surface area (Å²) < 4.78 is 68.1. The highest BCUT2D eigenvalue weighted by molar-refractivity contribution is 7.16. The fourth-order valence-electron chi connectivity index (χ4n) is 3.54. The number of piperazine rings is 1. The highest BCUT2D eigenvalue weighted by atomic mass is 32.1. The molecule has 1 aromatic heterocycles. The van der Waals surface area contributed by atoms with Gasteiger partial charge in [-0.3, -0.25) is 9.69 Å². The van der Waals surface area contributed by atoms with E-state index < -0.39 is 18.0 Å². The van der Waals surface area contributed by atoms with Gasteiger partial charge in [-0.05, 0) is 29.8 Å². The molecule has 3 aromatic rings. The number of para-hydroxylation sites is 1. The third-order valence-electron chi connectivity index (χ3n) is 5.03. The number of halogens is 5. The van der Waals surface area contributed by atoms with Crippen LogP contribution in [0.3, 0.4) is 0 Å². The van der Waals surface area contributed by atoms with E-state index >= 15 is 0 Å². The Kier molecular flexibility index (Phi) is 5.65. The first-order valence-corrected chi connectivity index (χ1v) is 10.3. The van der Waals surface area contributed by atoms with Gasteiger partial charge < -0.3 is 14.6 Å². The zero-order valence-electron chi connectivity index (χ0n) is 16.1. The van der Waals surface area contributed by atoms with Crippen molar-refractivity contribution in [3.63, 3.8) is 0 Å². The molecule has 1 aliphatic rings. The van der Waals surface area contributed by atoms with Crippen molar-refractivity contribution >= 4 is 27.2 Å². The van der Waals surface area contributed by atoms with Crippen LogP contribution in [0.4, 0.5) is 27.6 Å². The minimum Gasteiger partial charge on any atom is -0.426 e. The number of nitrogens with one attached hydrogen (secondary N) is 1. The van der Waals surface area contributed by atoms with E-state index in [9.17, 15) is 26.7 Å². The lowest BCUT2D eigenvalue weighted by molar-refractivity contribution is -0.360. The highest BCUT2D eigenvalue weighted by Crippen LogP contribution is 2.37. The Morgan fingerprint density at radius 1 is 1.00 bits per heavy atom. The molecule has 31 heavy (non-hydrogen) atoms. The topological polar surface area (TPSA) is 48.6 Å². The average molecular weight is 459 g/mol. The van der Waals surface area contributed by atoms with Crippen LogP contribution < -0.4 is 14.5 Å². The predicted octanol–water partition coefficient (Wildman–Crippen LogP) is 4.45. The van der Waals surface area contributed by atoms with E-state index in [2.05, 4.69) is 19.5 Å². The van der Waals surface area contributed by atoms with E-state index in [1.165, 1.54) is 12.1 Å². The summed E-state index contributed by atoms with van der Waals surface area (Å²) in [6, 6.07) is 11.0. The number of H-pyrrole nitrogens is 1. The van der Waals surface area contributed by atoms with Gasteiger partial charge in [0.25, 0.3) is 0 Å². The Balaban J connectivity index is 1.40. The molecule has 0 radical (unpaired) electrons. The van der Waals surface area contributed by atoms with Gasteiger partial charge >= 0.3 is 17.2 Å². The average Bonchev–Trinajstić information content (AvgIpc) is 3.08. The summed E-state index contributed by atoms with van der Waals surface area (Å²) in [5.41, 5.74) is 2.33. The molecule has 166 valence electrons. The highest BCUT2D eigenvalue weighted by Gasteiger charge is 2.61. The summed E-state index contributed by atoms with van der Waals surface area (Å²) in [5, 5.41) is 0. The van der Waals surface area contributed by atoms with Crippen molar-refractivity contribution in [2.24, 2.45) is 0 Å². The molecule has 0 aliphatic carbocycles. The number of anilines is 1. The van der Waals surface area contributed by atoms with Gasteiger partial charge in [0, 0.05) is 32.7 Å². The number of hydrogen-bond acceptors (Lipinski definition) is 5. The van der Waals surface area contributed by atoms with Crippen LogP contribution in [0.5, 0.6) is 5.75 Å². The largest absolute Gasteiger partial charge is 0.499 e. The fourth-order valence-corrected chi connectivity index (χ4v) is 4.30. The zero-order chi connectivity index (χ0) is 22.2. The molecule has 2 heterocycles. The number of benzene rings is 2. The second kappa shape index (κ2) is 8.12. The van der Waals surface area contributed by atoms with Crippen molar-refractivity contribution < 1.29 is 26.7 Å². The SMILES string of the molecule is O=c1[nH]c2c(N3CCN(Cc4cccc(OC(F)(F)C(F)(F)F)c4)CC3)cccc2s1. The van der Waals surface area contributed by atoms with Crippen LogP contribution in [0.1, 0.15) is 5.56 Å². The summed E-state index contributed by atoms with van der Waals surface area (Å²) in [6.07, 6.45) is -11.0. The second-order valence-electron chi connectivity index (χ2n) is 7.19. The van der Waals surface area contributed by atoms with Crippen molar-refractivity contribution in [1.29, 1.82) is 0 Å². The van der Waals surface area contributed by atoms with E-state index in [0.717, 1.165) is 33.3 Å². The molecule has 0 saturated carbocycles. The van der Waals surface area contributed by atoms with Gasteiger partial charge in [0.15, 0.2) is 0 Å². The maximum absolute atomic E-state index is 13.1. The van der Waals surface area contributed by atoms with Crippen molar-refractivity contribution in [3.05, 3.63) is 57.7 Å². The number of rotatable bonds is 5. The molecule has 1 N–H and O–H groups in total. The smallest absolute Gasteiger partial charge is 0.426 e. The molecule has 0 amide bonds. The maximum atomic E-state index is 13.1. The van der Waals surface area contributed by atoms with E-state index in [1.54, 1.807) is 6.07 Å². The molecule has 0 spiro atoms. The molecule has 2 aromatic carbocycles. The van der Waals surface area contributed by atoms with Crippen molar-refractivity contribution in [2.45, 2.75) is 18.8 Å². The van der Waals surface area contributed by atoms with E-state index in [-0.39, 0.29) is 4.87 Å². The lowest BCUT2D eigenvalue weighted by Crippen LogP contribution is -2.46. The maximum Gasteiger partial charge on any atom is 0.499 e. The summed E-state index contributed by atoms with van der Waals surface area (Å²) in [5.74, 6) is -0.536. The molecule has 0 unspecified atom stereocenters. The Morgan fingerprint density at radius 3 is 2.42 bits per heavy atom. The molecule has 5 nitrogen and oxygen atoms in total. The Morgan fingerprint density at radius 2 is 1.71 bits per heavy atom. The van der Waals surface area contributed by atoms with E-state index in [1.807, 2.05) is 18.2 Å². The molecule has 0 bridgehead atoms. The molecule has 11 heteroatoms. The standard InChI is InChI=1S/C20H18F5N3O2S/c21-19(22,23)20(24,25)30-14-4-1-3-13(11-14)12-27-7-9-28(10-8-27)15-5-2-6-16-17(15)26-18(29)31-16/h1-6,11H,7-10,12H2,(H,26,29). The normalized spacial score (nSPS) is 16.1. The third-order valence-corrected chi connectivity index (χ3v) is 5.88. The summed E-state index contributed by atoms with van der Waals surface area (Å²) >= 11 is 1.16. The van der Waals surface area contributed by atoms with Crippen molar-refractivity contribution in [1.82, 2.24) is 9.88 Å². The number of alkyl halides is 5. The number of aromatic nitrogens is 1. The summed E-state index contributed by atoms with van der Waals surface area (Å²) in [6.45, 7) is 3.07. The molecular weight excluding hydrogens is 441 g/mol. The molecule has 1 saturated heterocycles. The first kappa shape index (κ1) is 21.6.